The standard InChI is InChI=1S/C19H26N4OS2/c1-13-5-3-6-14(2)22(13)18(24)12-26-19-21-20-17(23(19)15-8-9-15)11-16-7-4-10-25-16/h4,7,10,13-15H,3,5-6,8-9,11-12H2,1-2H3/t13-,14-/m0/s1. The number of carbonyl (C=O) groups is 1. The van der Waals surface area contributed by atoms with Crippen molar-refractivity contribution in [1.82, 2.24) is 19.7 Å². The number of likely N-dealkylation sites (tertiary alicyclic amines) is 1. The highest BCUT2D eigenvalue weighted by Gasteiger charge is 2.32. The van der Waals surface area contributed by atoms with Gasteiger partial charge >= 0.3 is 0 Å². The average Bonchev–Trinajstić information content (AvgIpc) is 3.16. The lowest BCUT2D eigenvalue weighted by molar-refractivity contribution is -0.134. The van der Waals surface area contributed by atoms with E-state index in [0.717, 1.165) is 30.2 Å². The van der Waals surface area contributed by atoms with Crippen LogP contribution in [0.15, 0.2) is 22.7 Å². The smallest absolute Gasteiger partial charge is 0.233 e. The van der Waals surface area contributed by atoms with Crippen LogP contribution >= 0.6 is 23.1 Å². The molecule has 5 nitrogen and oxygen atoms in total. The molecule has 2 aromatic heterocycles. The van der Waals surface area contributed by atoms with Crippen molar-refractivity contribution in [3.63, 3.8) is 0 Å². The summed E-state index contributed by atoms with van der Waals surface area (Å²) in [5, 5.41) is 11.9. The maximum atomic E-state index is 12.8. The molecule has 2 aliphatic rings. The van der Waals surface area contributed by atoms with Gasteiger partial charge in [-0.05, 0) is 57.4 Å². The topological polar surface area (TPSA) is 51.0 Å². The number of amides is 1. The van der Waals surface area contributed by atoms with Gasteiger partial charge in [0.25, 0.3) is 0 Å². The van der Waals surface area contributed by atoms with Gasteiger partial charge in [0.1, 0.15) is 5.82 Å². The molecule has 2 aromatic rings. The molecule has 4 rings (SSSR count). The minimum atomic E-state index is 0.236. The van der Waals surface area contributed by atoms with E-state index in [0.29, 0.717) is 23.9 Å². The molecule has 2 atom stereocenters. The van der Waals surface area contributed by atoms with E-state index in [1.54, 1.807) is 23.1 Å². The van der Waals surface area contributed by atoms with Crippen LogP contribution in [0.4, 0.5) is 0 Å². The highest BCUT2D eigenvalue weighted by Crippen LogP contribution is 2.39. The van der Waals surface area contributed by atoms with Crippen molar-refractivity contribution >= 4 is 29.0 Å². The van der Waals surface area contributed by atoms with Crippen LogP contribution in [0.25, 0.3) is 0 Å². The second kappa shape index (κ2) is 7.72. The Kier molecular flexibility index (Phi) is 5.36. The van der Waals surface area contributed by atoms with Crippen molar-refractivity contribution in [2.75, 3.05) is 5.75 Å². The van der Waals surface area contributed by atoms with Crippen LogP contribution in [0.2, 0.25) is 0 Å². The molecule has 0 radical (unpaired) electrons. The molecule has 1 saturated heterocycles. The molecule has 0 aromatic carbocycles. The van der Waals surface area contributed by atoms with E-state index in [1.807, 2.05) is 0 Å². The van der Waals surface area contributed by atoms with Gasteiger partial charge in [-0.3, -0.25) is 4.79 Å². The molecule has 0 N–H and O–H groups in total. The predicted molar refractivity (Wildman–Crippen MR) is 106 cm³/mol. The first-order valence-electron chi connectivity index (χ1n) is 9.53. The molecule has 7 heteroatoms. The molecule has 1 aliphatic heterocycles. The molecule has 2 fully saturated rings. The molecule has 0 bridgehead atoms. The lowest BCUT2D eigenvalue weighted by Gasteiger charge is -2.39. The summed E-state index contributed by atoms with van der Waals surface area (Å²) in [6.07, 6.45) is 6.67. The molecule has 1 saturated carbocycles. The Morgan fingerprint density at radius 2 is 2.00 bits per heavy atom. The van der Waals surface area contributed by atoms with Crippen LogP contribution < -0.4 is 0 Å². The number of aromatic nitrogens is 3. The van der Waals surface area contributed by atoms with Gasteiger partial charge in [0.15, 0.2) is 5.16 Å². The summed E-state index contributed by atoms with van der Waals surface area (Å²) in [6.45, 7) is 4.34. The first kappa shape index (κ1) is 18.0. The zero-order chi connectivity index (χ0) is 18.1. The van der Waals surface area contributed by atoms with Gasteiger partial charge in [-0.1, -0.05) is 17.8 Å². The average molecular weight is 391 g/mol. The SMILES string of the molecule is C[C@H]1CCC[C@H](C)N1C(=O)CSc1nnc(Cc2cccs2)n1C1CC1. The van der Waals surface area contributed by atoms with E-state index in [-0.39, 0.29) is 5.91 Å². The molecule has 3 heterocycles. The van der Waals surface area contributed by atoms with Crippen molar-refractivity contribution in [3.8, 4) is 0 Å². The van der Waals surface area contributed by atoms with Crippen molar-refractivity contribution in [2.45, 2.75) is 75.7 Å². The molecule has 0 spiro atoms. The van der Waals surface area contributed by atoms with Gasteiger partial charge in [-0.25, -0.2) is 0 Å². The van der Waals surface area contributed by atoms with Crippen LogP contribution in [0.5, 0.6) is 0 Å². The number of nitrogens with zero attached hydrogens (tertiary/aromatic N) is 4. The number of hydrogen-bond donors (Lipinski definition) is 0. The Morgan fingerprint density at radius 1 is 1.23 bits per heavy atom. The molecular formula is C19H26N4OS2. The number of piperidine rings is 1. The highest BCUT2D eigenvalue weighted by atomic mass is 32.2. The van der Waals surface area contributed by atoms with Crippen LogP contribution in [0.3, 0.4) is 0 Å². The summed E-state index contributed by atoms with van der Waals surface area (Å²) in [5.74, 6) is 1.72. The van der Waals surface area contributed by atoms with E-state index in [9.17, 15) is 4.79 Å². The second-order valence-electron chi connectivity index (χ2n) is 7.47. The first-order valence-corrected chi connectivity index (χ1v) is 11.4. The zero-order valence-corrected chi connectivity index (χ0v) is 17.1. The van der Waals surface area contributed by atoms with Gasteiger partial charge in [0.05, 0.1) is 5.75 Å². The van der Waals surface area contributed by atoms with E-state index >= 15 is 0 Å². The van der Waals surface area contributed by atoms with Crippen molar-refractivity contribution < 1.29 is 4.79 Å². The normalized spacial score (nSPS) is 23.4. The predicted octanol–water partition coefficient (Wildman–Crippen LogP) is 4.15. The van der Waals surface area contributed by atoms with E-state index in [4.69, 9.17) is 0 Å². The van der Waals surface area contributed by atoms with Gasteiger partial charge in [0.2, 0.25) is 5.91 Å². The number of thioether (sulfide) groups is 1. The Balaban J connectivity index is 1.45. The van der Waals surface area contributed by atoms with Crippen molar-refractivity contribution in [3.05, 3.63) is 28.2 Å². The van der Waals surface area contributed by atoms with Crippen molar-refractivity contribution in [2.24, 2.45) is 0 Å². The maximum Gasteiger partial charge on any atom is 0.233 e. The van der Waals surface area contributed by atoms with Crippen LogP contribution in [0, 0.1) is 0 Å². The third-order valence-corrected chi connectivity index (χ3v) is 7.17. The second-order valence-corrected chi connectivity index (χ2v) is 9.45. The van der Waals surface area contributed by atoms with Crippen LogP contribution in [-0.4, -0.2) is 43.4 Å². The summed E-state index contributed by atoms with van der Waals surface area (Å²) >= 11 is 3.31. The van der Waals surface area contributed by atoms with Crippen molar-refractivity contribution in [1.29, 1.82) is 0 Å². The van der Waals surface area contributed by atoms with E-state index < -0.39 is 0 Å². The summed E-state index contributed by atoms with van der Waals surface area (Å²) in [4.78, 5) is 16.2. The Labute approximate surface area is 163 Å². The minimum absolute atomic E-state index is 0.236. The summed E-state index contributed by atoms with van der Waals surface area (Å²) in [5.41, 5.74) is 0. The van der Waals surface area contributed by atoms with Gasteiger partial charge < -0.3 is 9.47 Å². The summed E-state index contributed by atoms with van der Waals surface area (Å²) in [7, 11) is 0. The van der Waals surface area contributed by atoms with Gasteiger partial charge in [0, 0.05) is 29.4 Å². The number of rotatable bonds is 6. The Bertz CT molecular complexity index is 744. The molecule has 0 unspecified atom stereocenters. The van der Waals surface area contributed by atoms with E-state index in [1.165, 1.54) is 24.1 Å². The summed E-state index contributed by atoms with van der Waals surface area (Å²) in [6, 6.07) is 5.44. The van der Waals surface area contributed by atoms with Gasteiger partial charge in [-0.15, -0.1) is 21.5 Å². The number of thiophene rings is 1. The van der Waals surface area contributed by atoms with E-state index in [2.05, 4.69) is 51.0 Å². The molecule has 1 amide bonds. The maximum absolute atomic E-state index is 12.8. The fourth-order valence-electron chi connectivity index (χ4n) is 3.91. The quantitative estimate of drug-likeness (QED) is 0.696. The third kappa shape index (κ3) is 3.83. The highest BCUT2D eigenvalue weighted by molar-refractivity contribution is 7.99. The monoisotopic (exact) mass is 390 g/mol. The fraction of sp³-hybridized carbons (Fsp3) is 0.632. The third-order valence-electron chi connectivity index (χ3n) is 5.37. The molecular weight excluding hydrogens is 364 g/mol. The Morgan fingerprint density at radius 3 is 2.65 bits per heavy atom. The number of carbonyl (C=O) groups excluding carboxylic acids is 1. The molecule has 140 valence electrons. The van der Waals surface area contributed by atoms with Crippen LogP contribution in [-0.2, 0) is 11.2 Å². The van der Waals surface area contributed by atoms with Crippen LogP contribution in [0.1, 0.15) is 62.7 Å². The Hall–Kier alpha value is -1.34. The summed E-state index contributed by atoms with van der Waals surface area (Å²) < 4.78 is 2.28. The minimum Gasteiger partial charge on any atom is -0.337 e. The lowest BCUT2D eigenvalue weighted by Crippen LogP contribution is -2.48. The molecule has 26 heavy (non-hydrogen) atoms. The number of hydrogen-bond acceptors (Lipinski definition) is 5. The largest absolute Gasteiger partial charge is 0.337 e. The zero-order valence-electron chi connectivity index (χ0n) is 15.4. The fourth-order valence-corrected chi connectivity index (χ4v) is 5.50. The molecule has 1 aliphatic carbocycles. The first-order chi connectivity index (χ1) is 12.6. The lowest BCUT2D eigenvalue weighted by atomic mass is 9.98. The van der Waals surface area contributed by atoms with Gasteiger partial charge in [-0.2, -0.15) is 0 Å².